The molecular weight excluding hydrogens is 373 g/mol. The number of thiocarbonyl (C=S) groups is 1. The molecule has 2 aromatic carbocycles. The molecule has 0 aliphatic carbocycles. The molecule has 0 saturated carbocycles. The summed E-state index contributed by atoms with van der Waals surface area (Å²) in [5.74, 6) is -0.457. The van der Waals surface area contributed by atoms with Crippen LogP contribution in [0.15, 0.2) is 53.4 Å². The molecule has 0 amide bonds. The first-order valence-corrected chi connectivity index (χ1v) is 10.1. The standard InChI is InChI=1S/C18H20FN3O2S2/c1-14-2-6-16(7-3-14)20-18(25)21-10-12-22(13-11-21)26(23,24)17-8-4-15(19)5-9-17/h2-9H,10-13H2,1H3,(H,20,25). The minimum Gasteiger partial charge on any atom is -0.346 e. The Morgan fingerprint density at radius 1 is 1.00 bits per heavy atom. The molecular formula is C18H20FN3O2S2. The van der Waals surface area contributed by atoms with Gasteiger partial charge in [-0.2, -0.15) is 4.31 Å². The summed E-state index contributed by atoms with van der Waals surface area (Å²) >= 11 is 5.43. The molecule has 1 saturated heterocycles. The summed E-state index contributed by atoms with van der Waals surface area (Å²) in [6, 6.07) is 12.8. The summed E-state index contributed by atoms with van der Waals surface area (Å²) in [6.45, 7) is 3.67. The second-order valence-corrected chi connectivity index (χ2v) is 8.47. The summed E-state index contributed by atoms with van der Waals surface area (Å²) in [5, 5.41) is 3.75. The molecule has 1 aliphatic rings. The Bertz CT molecular complexity index is 876. The fraction of sp³-hybridized carbons (Fsp3) is 0.278. The van der Waals surface area contributed by atoms with Gasteiger partial charge in [-0.05, 0) is 55.5 Å². The number of piperazine rings is 1. The Hall–Kier alpha value is -2.03. The molecule has 26 heavy (non-hydrogen) atoms. The maximum Gasteiger partial charge on any atom is 0.243 e. The molecule has 2 aromatic rings. The minimum atomic E-state index is -3.62. The van der Waals surface area contributed by atoms with E-state index in [-0.39, 0.29) is 4.90 Å². The molecule has 5 nitrogen and oxygen atoms in total. The summed E-state index contributed by atoms with van der Waals surface area (Å²) in [7, 11) is -3.62. The van der Waals surface area contributed by atoms with E-state index in [4.69, 9.17) is 12.2 Å². The molecule has 1 heterocycles. The first-order chi connectivity index (χ1) is 12.4. The Balaban J connectivity index is 1.60. The van der Waals surface area contributed by atoms with Crippen molar-refractivity contribution in [1.29, 1.82) is 0 Å². The van der Waals surface area contributed by atoms with Crippen LogP contribution in [-0.2, 0) is 10.0 Å². The fourth-order valence-electron chi connectivity index (χ4n) is 2.73. The van der Waals surface area contributed by atoms with Crippen molar-refractivity contribution in [3.05, 3.63) is 59.9 Å². The van der Waals surface area contributed by atoms with E-state index in [1.54, 1.807) is 0 Å². The van der Waals surface area contributed by atoms with Crippen LogP contribution in [0.4, 0.5) is 10.1 Å². The van der Waals surface area contributed by atoms with Gasteiger partial charge in [-0.3, -0.25) is 0 Å². The molecule has 0 atom stereocenters. The molecule has 0 radical (unpaired) electrons. The summed E-state index contributed by atoms with van der Waals surface area (Å²) in [6.07, 6.45) is 0. The van der Waals surface area contributed by atoms with Crippen LogP contribution < -0.4 is 5.32 Å². The van der Waals surface area contributed by atoms with Gasteiger partial charge in [-0.1, -0.05) is 17.7 Å². The van der Waals surface area contributed by atoms with Gasteiger partial charge in [-0.15, -0.1) is 0 Å². The zero-order chi connectivity index (χ0) is 18.7. The van der Waals surface area contributed by atoms with E-state index in [2.05, 4.69) is 5.32 Å². The number of nitrogens with zero attached hydrogens (tertiary/aromatic N) is 2. The Labute approximate surface area is 158 Å². The van der Waals surface area contributed by atoms with Crippen molar-refractivity contribution >= 4 is 33.0 Å². The maximum absolute atomic E-state index is 13.0. The number of rotatable bonds is 3. The summed E-state index contributed by atoms with van der Waals surface area (Å²) < 4.78 is 39.7. The monoisotopic (exact) mass is 393 g/mol. The Morgan fingerprint density at radius 3 is 2.15 bits per heavy atom. The van der Waals surface area contributed by atoms with Gasteiger partial charge < -0.3 is 10.2 Å². The summed E-state index contributed by atoms with van der Waals surface area (Å²) in [5.41, 5.74) is 2.07. The van der Waals surface area contributed by atoms with E-state index < -0.39 is 15.8 Å². The lowest BCUT2D eigenvalue weighted by atomic mass is 10.2. The first-order valence-electron chi connectivity index (χ1n) is 8.24. The van der Waals surface area contributed by atoms with Crippen LogP contribution in [-0.4, -0.2) is 48.9 Å². The molecule has 0 aromatic heterocycles. The van der Waals surface area contributed by atoms with Crippen molar-refractivity contribution in [1.82, 2.24) is 9.21 Å². The van der Waals surface area contributed by atoms with Gasteiger partial charge in [0, 0.05) is 31.9 Å². The third-order valence-electron chi connectivity index (χ3n) is 4.28. The van der Waals surface area contributed by atoms with Crippen molar-refractivity contribution < 1.29 is 12.8 Å². The molecule has 0 spiro atoms. The van der Waals surface area contributed by atoms with Gasteiger partial charge >= 0.3 is 0 Å². The average molecular weight is 394 g/mol. The first kappa shape index (κ1) is 18.8. The SMILES string of the molecule is Cc1ccc(NC(=S)N2CCN(S(=O)(=O)c3ccc(F)cc3)CC2)cc1. The maximum atomic E-state index is 13.0. The van der Waals surface area contributed by atoms with Gasteiger partial charge in [0.2, 0.25) is 10.0 Å². The molecule has 8 heteroatoms. The van der Waals surface area contributed by atoms with Gasteiger partial charge in [0.05, 0.1) is 4.90 Å². The Kier molecular flexibility index (Phi) is 5.55. The Morgan fingerprint density at radius 2 is 1.58 bits per heavy atom. The number of benzene rings is 2. The largest absolute Gasteiger partial charge is 0.346 e. The van der Waals surface area contributed by atoms with E-state index in [9.17, 15) is 12.8 Å². The predicted octanol–water partition coefficient (Wildman–Crippen LogP) is 2.84. The number of nitrogens with one attached hydrogen (secondary N) is 1. The number of hydrogen-bond donors (Lipinski definition) is 1. The van der Waals surface area contributed by atoms with E-state index in [0.29, 0.717) is 31.3 Å². The number of sulfonamides is 1. The van der Waals surface area contributed by atoms with E-state index >= 15 is 0 Å². The normalized spacial score (nSPS) is 15.7. The van der Waals surface area contributed by atoms with E-state index in [1.807, 2.05) is 36.1 Å². The topological polar surface area (TPSA) is 52.6 Å². The lowest BCUT2D eigenvalue weighted by Crippen LogP contribution is -2.51. The van der Waals surface area contributed by atoms with Crippen LogP contribution in [0.1, 0.15) is 5.56 Å². The highest BCUT2D eigenvalue weighted by molar-refractivity contribution is 7.89. The van der Waals surface area contributed by atoms with Crippen molar-refractivity contribution in [2.75, 3.05) is 31.5 Å². The third-order valence-corrected chi connectivity index (χ3v) is 6.55. The van der Waals surface area contributed by atoms with Crippen molar-refractivity contribution in [2.45, 2.75) is 11.8 Å². The molecule has 138 valence electrons. The minimum absolute atomic E-state index is 0.104. The molecule has 1 N–H and O–H groups in total. The summed E-state index contributed by atoms with van der Waals surface area (Å²) in [4.78, 5) is 2.05. The van der Waals surface area contributed by atoms with Crippen LogP contribution in [0, 0.1) is 12.7 Å². The zero-order valence-corrected chi connectivity index (χ0v) is 16.0. The van der Waals surface area contributed by atoms with Gasteiger partial charge in [0.25, 0.3) is 0 Å². The fourth-order valence-corrected chi connectivity index (χ4v) is 4.45. The zero-order valence-electron chi connectivity index (χ0n) is 14.4. The van der Waals surface area contributed by atoms with Crippen LogP contribution >= 0.6 is 12.2 Å². The van der Waals surface area contributed by atoms with E-state index in [1.165, 1.54) is 22.0 Å². The van der Waals surface area contributed by atoms with Crippen molar-refractivity contribution in [3.8, 4) is 0 Å². The predicted molar refractivity (Wildman–Crippen MR) is 104 cm³/mol. The van der Waals surface area contributed by atoms with Crippen LogP contribution in [0.25, 0.3) is 0 Å². The second-order valence-electron chi connectivity index (χ2n) is 6.14. The number of halogens is 1. The number of aryl methyl sites for hydroxylation is 1. The van der Waals surface area contributed by atoms with Crippen LogP contribution in [0.5, 0.6) is 0 Å². The second kappa shape index (κ2) is 7.69. The van der Waals surface area contributed by atoms with Gasteiger partial charge in [-0.25, -0.2) is 12.8 Å². The van der Waals surface area contributed by atoms with E-state index in [0.717, 1.165) is 17.8 Å². The third kappa shape index (κ3) is 4.20. The quantitative estimate of drug-likeness (QED) is 0.813. The lowest BCUT2D eigenvalue weighted by Gasteiger charge is -2.35. The van der Waals surface area contributed by atoms with Gasteiger partial charge in [0.1, 0.15) is 5.82 Å². The molecule has 1 aliphatic heterocycles. The lowest BCUT2D eigenvalue weighted by molar-refractivity contribution is 0.268. The average Bonchev–Trinajstić information content (AvgIpc) is 2.64. The highest BCUT2D eigenvalue weighted by Gasteiger charge is 2.29. The van der Waals surface area contributed by atoms with Crippen molar-refractivity contribution in [2.24, 2.45) is 0 Å². The van der Waals surface area contributed by atoms with Crippen LogP contribution in [0.2, 0.25) is 0 Å². The van der Waals surface area contributed by atoms with Crippen molar-refractivity contribution in [3.63, 3.8) is 0 Å². The molecule has 1 fully saturated rings. The van der Waals surface area contributed by atoms with Gasteiger partial charge in [0.15, 0.2) is 5.11 Å². The number of hydrogen-bond acceptors (Lipinski definition) is 3. The molecule has 3 rings (SSSR count). The highest BCUT2D eigenvalue weighted by Crippen LogP contribution is 2.18. The molecule has 0 unspecified atom stereocenters. The number of anilines is 1. The van der Waals surface area contributed by atoms with Crippen LogP contribution in [0.3, 0.4) is 0 Å². The molecule has 0 bridgehead atoms. The smallest absolute Gasteiger partial charge is 0.243 e. The highest BCUT2D eigenvalue weighted by atomic mass is 32.2.